The molecule has 0 unspecified atom stereocenters. The van der Waals surface area contributed by atoms with Crippen molar-refractivity contribution in [1.82, 2.24) is 5.32 Å². The summed E-state index contributed by atoms with van der Waals surface area (Å²) in [5.74, 6) is -0.607. The minimum Gasteiger partial charge on any atom is -0.368 e. The van der Waals surface area contributed by atoms with E-state index in [-0.39, 0.29) is 5.91 Å². The number of carbonyl (C=O) groups is 1. The first-order valence-corrected chi connectivity index (χ1v) is 11.5. The molecule has 170 valence electrons. The minimum absolute atomic E-state index is 0.0886. The summed E-state index contributed by atoms with van der Waals surface area (Å²) >= 11 is 0. The maximum Gasteiger partial charge on any atom is 0.230 e. The summed E-state index contributed by atoms with van der Waals surface area (Å²) in [7, 11) is 0. The number of benzene rings is 4. The lowest BCUT2D eigenvalue weighted by Crippen LogP contribution is -2.36. The van der Waals surface area contributed by atoms with Crippen LogP contribution in [-0.2, 0) is 22.7 Å². The molecule has 3 heteroatoms. The summed E-state index contributed by atoms with van der Waals surface area (Å²) in [6.45, 7) is 4.84. The average Bonchev–Trinajstić information content (AvgIpc) is 2.91. The Morgan fingerprint density at radius 3 is 1.85 bits per heavy atom. The van der Waals surface area contributed by atoms with Gasteiger partial charge in [-0.25, -0.2) is 0 Å². The summed E-state index contributed by atoms with van der Waals surface area (Å²) in [5.41, 5.74) is 5.24. The molecule has 4 aromatic rings. The maximum absolute atomic E-state index is 13.4. The van der Waals surface area contributed by atoms with Gasteiger partial charge in [-0.2, -0.15) is 0 Å². The van der Waals surface area contributed by atoms with Gasteiger partial charge in [-0.3, -0.25) is 4.79 Å². The van der Waals surface area contributed by atoms with Crippen LogP contribution in [0, 0.1) is 0 Å². The smallest absolute Gasteiger partial charge is 0.230 e. The zero-order valence-electron chi connectivity index (χ0n) is 19.1. The Bertz CT molecular complexity index is 1170. The fraction of sp³-hybridized carbons (Fsp3) is 0.129. The predicted octanol–water partition coefficient (Wildman–Crippen LogP) is 6.53. The van der Waals surface area contributed by atoms with E-state index in [1.54, 1.807) is 6.08 Å². The Labute approximate surface area is 201 Å². The van der Waals surface area contributed by atoms with Gasteiger partial charge in [-0.15, -0.1) is 6.58 Å². The van der Waals surface area contributed by atoms with E-state index in [1.165, 1.54) is 0 Å². The number of ether oxygens (including phenoxy) is 1. The van der Waals surface area contributed by atoms with Gasteiger partial charge in [0.15, 0.2) is 0 Å². The van der Waals surface area contributed by atoms with Crippen LogP contribution < -0.4 is 5.32 Å². The summed E-state index contributed by atoms with van der Waals surface area (Å²) in [6, 6.07) is 38.2. The standard InChI is InChI=1S/C31H29NO2/c1-2-29(34-23-25-14-8-4-9-15-25)30(31(33)32-22-24-12-6-3-7-13-24)28-20-18-27(19-21-28)26-16-10-5-11-17-26/h2-21,29-30H,1,22-23H2,(H,32,33)/t29-,30+/m0/s1. The summed E-state index contributed by atoms with van der Waals surface area (Å²) in [4.78, 5) is 13.4. The van der Waals surface area contributed by atoms with Crippen LogP contribution in [0.15, 0.2) is 128 Å². The highest BCUT2D eigenvalue weighted by Gasteiger charge is 2.29. The normalized spacial score (nSPS) is 12.5. The Morgan fingerprint density at radius 2 is 1.26 bits per heavy atom. The van der Waals surface area contributed by atoms with E-state index in [0.29, 0.717) is 13.2 Å². The van der Waals surface area contributed by atoms with E-state index < -0.39 is 12.0 Å². The first-order valence-electron chi connectivity index (χ1n) is 11.5. The van der Waals surface area contributed by atoms with Crippen LogP contribution in [0.25, 0.3) is 11.1 Å². The second-order valence-corrected chi connectivity index (χ2v) is 8.17. The van der Waals surface area contributed by atoms with E-state index in [1.807, 2.05) is 91.0 Å². The Kier molecular flexibility index (Phi) is 8.04. The van der Waals surface area contributed by atoms with Crippen LogP contribution in [0.1, 0.15) is 22.6 Å². The van der Waals surface area contributed by atoms with Gasteiger partial charge in [0.2, 0.25) is 5.91 Å². The van der Waals surface area contributed by atoms with Crippen molar-refractivity contribution < 1.29 is 9.53 Å². The number of hydrogen-bond acceptors (Lipinski definition) is 2. The second-order valence-electron chi connectivity index (χ2n) is 8.17. The molecule has 0 aliphatic rings. The Morgan fingerprint density at radius 1 is 0.735 bits per heavy atom. The number of carbonyl (C=O) groups excluding carboxylic acids is 1. The highest BCUT2D eigenvalue weighted by Crippen LogP contribution is 2.28. The van der Waals surface area contributed by atoms with Crippen LogP contribution in [-0.4, -0.2) is 12.0 Å². The third-order valence-corrected chi connectivity index (χ3v) is 5.82. The molecule has 0 heterocycles. The number of rotatable bonds is 10. The van der Waals surface area contributed by atoms with E-state index in [9.17, 15) is 4.79 Å². The lowest BCUT2D eigenvalue weighted by atomic mass is 9.90. The van der Waals surface area contributed by atoms with Crippen molar-refractivity contribution in [2.24, 2.45) is 0 Å². The van der Waals surface area contributed by atoms with Gasteiger partial charge >= 0.3 is 0 Å². The molecule has 0 aliphatic carbocycles. The first kappa shape index (κ1) is 23.2. The van der Waals surface area contributed by atoms with Crippen molar-refractivity contribution in [3.8, 4) is 11.1 Å². The van der Waals surface area contributed by atoms with Crippen molar-refractivity contribution in [3.63, 3.8) is 0 Å². The lowest BCUT2D eigenvalue weighted by Gasteiger charge is -2.25. The van der Waals surface area contributed by atoms with Crippen molar-refractivity contribution in [2.45, 2.75) is 25.2 Å². The highest BCUT2D eigenvalue weighted by molar-refractivity contribution is 5.85. The fourth-order valence-corrected chi connectivity index (χ4v) is 3.97. The molecular formula is C31H29NO2. The third-order valence-electron chi connectivity index (χ3n) is 5.82. The van der Waals surface area contributed by atoms with Crippen molar-refractivity contribution in [3.05, 3.63) is 145 Å². The molecule has 3 nitrogen and oxygen atoms in total. The quantitative estimate of drug-likeness (QED) is 0.281. The zero-order chi connectivity index (χ0) is 23.6. The molecule has 0 bridgehead atoms. The first-order chi connectivity index (χ1) is 16.7. The topological polar surface area (TPSA) is 38.3 Å². The summed E-state index contributed by atoms with van der Waals surface area (Å²) < 4.78 is 6.20. The van der Waals surface area contributed by atoms with Crippen molar-refractivity contribution >= 4 is 5.91 Å². The maximum atomic E-state index is 13.4. The largest absolute Gasteiger partial charge is 0.368 e. The van der Waals surface area contributed by atoms with Gasteiger partial charge < -0.3 is 10.1 Å². The van der Waals surface area contributed by atoms with E-state index in [2.05, 4.69) is 36.2 Å². The molecule has 1 amide bonds. The number of amides is 1. The van der Waals surface area contributed by atoms with E-state index in [0.717, 1.165) is 27.8 Å². The van der Waals surface area contributed by atoms with Crippen LogP contribution in [0.3, 0.4) is 0 Å². The van der Waals surface area contributed by atoms with Gasteiger partial charge in [0.1, 0.15) is 0 Å². The predicted molar refractivity (Wildman–Crippen MR) is 138 cm³/mol. The van der Waals surface area contributed by atoms with E-state index >= 15 is 0 Å². The number of nitrogens with one attached hydrogen (secondary N) is 1. The molecule has 4 aromatic carbocycles. The molecule has 2 atom stereocenters. The van der Waals surface area contributed by atoms with Gasteiger partial charge in [-0.1, -0.05) is 121 Å². The zero-order valence-corrected chi connectivity index (χ0v) is 19.1. The molecule has 34 heavy (non-hydrogen) atoms. The summed E-state index contributed by atoms with van der Waals surface area (Å²) in [5, 5.41) is 3.09. The molecule has 0 saturated heterocycles. The van der Waals surface area contributed by atoms with Gasteiger partial charge in [0, 0.05) is 6.54 Å². The van der Waals surface area contributed by atoms with Crippen LogP contribution in [0.5, 0.6) is 0 Å². The molecule has 0 fully saturated rings. The number of hydrogen-bond donors (Lipinski definition) is 1. The SMILES string of the molecule is C=C[C@H](OCc1ccccc1)[C@H](C(=O)NCc1ccccc1)c1ccc(-c2ccccc2)cc1. The van der Waals surface area contributed by atoms with Crippen LogP contribution >= 0.6 is 0 Å². The monoisotopic (exact) mass is 447 g/mol. The van der Waals surface area contributed by atoms with Crippen LogP contribution in [0.2, 0.25) is 0 Å². The fourth-order valence-electron chi connectivity index (χ4n) is 3.97. The Hall–Kier alpha value is -3.95. The lowest BCUT2D eigenvalue weighted by molar-refractivity contribution is -0.125. The molecule has 0 aromatic heterocycles. The van der Waals surface area contributed by atoms with Crippen molar-refractivity contribution in [2.75, 3.05) is 0 Å². The van der Waals surface area contributed by atoms with Crippen LogP contribution in [0.4, 0.5) is 0 Å². The van der Waals surface area contributed by atoms with E-state index in [4.69, 9.17) is 4.74 Å². The highest BCUT2D eigenvalue weighted by atomic mass is 16.5. The molecule has 1 N–H and O–H groups in total. The third kappa shape index (κ3) is 6.09. The molecule has 4 rings (SSSR count). The van der Waals surface area contributed by atoms with Crippen molar-refractivity contribution in [1.29, 1.82) is 0 Å². The van der Waals surface area contributed by atoms with Gasteiger partial charge in [0.25, 0.3) is 0 Å². The average molecular weight is 448 g/mol. The second kappa shape index (κ2) is 11.8. The van der Waals surface area contributed by atoms with Gasteiger partial charge in [-0.05, 0) is 27.8 Å². The molecular weight excluding hydrogens is 418 g/mol. The molecule has 0 aliphatic heterocycles. The van der Waals surface area contributed by atoms with Gasteiger partial charge in [0.05, 0.1) is 18.6 Å². The minimum atomic E-state index is -0.519. The molecule has 0 radical (unpaired) electrons. The Balaban J connectivity index is 1.56. The molecule has 0 saturated carbocycles. The molecule has 0 spiro atoms. The summed E-state index contributed by atoms with van der Waals surface area (Å²) in [6.07, 6.45) is 1.25.